The van der Waals surface area contributed by atoms with E-state index in [0.717, 1.165) is 11.0 Å². The number of alkyl halides is 3. The molecule has 1 aliphatic rings. The Morgan fingerprint density at radius 2 is 1.86 bits per heavy atom. The van der Waals surface area contributed by atoms with Crippen molar-refractivity contribution in [2.75, 3.05) is 13.1 Å². The average molecular weight is 339 g/mol. The first kappa shape index (κ1) is 16.4. The van der Waals surface area contributed by atoms with Gasteiger partial charge in [0.15, 0.2) is 0 Å². The van der Waals surface area contributed by atoms with E-state index in [-0.39, 0.29) is 31.5 Å². The number of nitrogens with zero attached hydrogens (tertiary/aromatic N) is 1. The second kappa shape index (κ2) is 5.67. The molecule has 2 rings (SSSR count). The lowest BCUT2D eigenvalue weighted by Crippen LogP contribution is -2.31. The van der Waals surface area contributed by atoms with Crippen LogP contribution in [0.1, 0.15) is 11.1 Å². The van der Waals surface area contributed by atoms with E-state index in [9.17, 15) is 26.4 Å². The lowest BCUT2D eigenvalue weighted by atomic mass is 10.0. The molecule has 0 unspecified atom stereocenters. The van der Waals surface area contributed by atoms with Crippen molar-refractivity contribution < 1.29 is 35.7 Å². The number of amides is 1. The van der Waals surface area contributed by atoms with Gasteiger partial charge in [0.25, 0.3) is 0 Å². The Labute approximate surface area is 124 Å². The van der Waals surface area contributed by atoms with Crippen LogP contribution in [0, 0.1) is 0 Å². The molecule has 0 aliphatic carbocycles. The number of halogens is 3. The quantitative estimate of drug-likeness (QED) is 0.658. The SMILES string of the molecule is O=C(O)N1CCc2cccc(OS(=O)(=O)C(F)(F)F)c2CC1. The minimum absolute atomic E-state index is 0.0504. The summed E-state index contributed by atoms with van der Waals surface area (Å²) < 4.78 is 63.6. The number of benzene rings is 1. The Morgan fingerprint density at radius 1 is 1.23 bits per heavy atom. The molecule has 0 aromatic heterocycles. The van der Waals surface area contributed by atoms with Crippen LogP contribution in [-0.2, 0) is 23.0 Å². The number of carbonyl (C=O) groups is 1. The van der Waals surface area contributed by atoms with Crippen LogP contribution in [0.3, 0.4) is 0 Å². The molecule has 6 nitrogen and oxygen atoms in total. The Morgan fingerprint density at radius 3 is 2.45 bits per heavy atom. The van der Waals surface area contributed by atoms with Gasteiger partial charge in [0, 0.05) is 18.7 Å². The molecule has 1 N–H and O–H groups in total. The molecule has 1 heterocycles. The summed E-state index contributed by atoms with van der Waals surface area (Å²) in [6.07, 6.45) is -0.797. The largest absolute Gasteiger partial charge is 0.534 e. The Hall–Kier alpha value is -1.97. The predicted molar refractivity (Wildman–Crippen MR) is 69.1 cm³/mol. The fourth-order valence-electron chi connectivity index (χ4n) is 2.18. The fraction of sp³-hybridized carbons (Fsp3) is 0.417. The molecule has 0 atom stereocenters. The van der Waals surface area contributed by atoms with E-state index in [0.29, 0.717) is 5.56 Å². The summed E-state index contributed by atoms with van der Waals surface area (Å²) in [7, 11) is -5.76. The number of fused-ring (bicyclic) bond motifs is 1. The summed E-state index contributed by atoms with van der Waals surface area (Å²) >= 11 is 0. The average Bonchev–Trinajstić information content (AvgIpc) is 2.60. The number of rotatable bonds is 2. The monoisotopic (exact) mass is 339 g/mol. The molecule has 1 amide bonds. The summed E-state index contributed by atoms with van der Waals surface area (Å²) in [6.45, 7) is 0.229. The van der Waals surface area contributed by atoms with E-state index >= 15 is 0 Å². The van der Waals surface area contributed by atoms with Crippen LogP contribution in [0.25, 0.3) is 0 Å². The van der Waals surface area contributed by atoms with E-state index in [2.05, 4.69) is 4.18 Å². The van der Waals surface area contributed by atoms with Crippen LogP contribution < -0.4 is 4.18 Å². The van der Waals surface area contributed by atoms with E-state index in [1.54, 1.807) is 6.07 Å². The van der Waals surface area contributed by atoms with Gasteiger partial charge in [0.2, 0.25) is 0 Å². The van der Waals surface area contributed by atoms with Gasteiger partial charge in [-0.1, -0.05) is 12.1 Å². The summed E-state index contributed by atoms with van der Waals surface area (Å²) in [4.78, 5) is 12.1. The third-order valence-corrected chi connectivity index (χ3v) is 4.23. The van der Waals surface area contributed by atoms with E-state index in [4.69, 9.17) is 5.11 Å². The highest BCUT2D eigenvalue weighted by Gasteiger charge is 2.48. The number of carboxylic acid groups (broad SMARTS) is 1. The van der Waals surface area contributed by atoms with Gasteiger partial charge in [-0.3, -0.25) is 0 Å². The van der Waals surface area contributed by atoms with E-state index < -0.39 is 27.5 Å². The van der Waals surface area contributed by atoms with Gasteiger partial charge < -0.3 is 14.2 Å². The molecule has 0 saturated carbocycles. The van der Waals surface area contributed by atoms with Gasteiger partial charge in [0.1, 0.15) is 5.75 Å². The van der Waals surface area contributed by atoms with Gasteiger partial charge in [-0.15, -0.1) is 0 Å². The summed E-state index contributed by atoms with van der Waals surface area (Å²) in [6, 6.07) is 4.10. The maximum Gasteiger partial charge on any atom is 0.534 e. The lowest BCUT2D eigenvalue weighted by Gasteiger charge is -2.15. The van der Waals surface area contributed by atoms with Crippen molar-refractivity contribution in [1.82, 2.24) is 4.90 Å². The molecule has 0 fully saturated rings. The van der Waals surface area contributed by atoms with E-state index in [1.165, 1.54) is 6.07 Å². The van der Waals surface area contributed by atoms with Crippen molar-refractivity contribution in [2.45, 2.75) is 18.3 Å². The lowest BCUT2D eigenvalue weighted by molar-refractivity contribution is -0.0500. The number of hydrogen-bond acceptors (Lipinski definition) is 4. The first-order valence-electron chi connectivity index (χ1n) is 6.21. The maximum atomic E-state index is 12.4. The van der Waals surface area contributed by atoms with Crippen molar-refractivity contribution in [3.8, 4) is 5.75 Å². The van der Waals surface area contributed by atoms with Crippen LogP contribution in [0.4, 0.5) is 18.0 Å². The Kier molecular flexibility index (Phi) is 4.23. The van der Waals surface area contributed by atoms with Crippen molar-refractivity contribution in [1.29, 1.82) is 0 Å². The van der Waals surface area contributed by atoms with Crippen molar-refractivity contribution in [3.05, 3.63) is 29.3 Å². The first-order chi connectivity index (χ1) is 10.1. The summed E-state index contributed by atoms with van der Waals surface area (Å²) in [5, 5.41) is 8.95. The zero-order chi connectivity index (χ0) is 16.5. The second-order valence-corrected chi connectivity index (χ2v) is 6.18. The Balaban J connectivity index is 2.33. The molecular formula is C12H12F3NO5S. The molecule has 1 aromatic rings. The molecule has 0 saturated heterocycles. The van der Waals surface area contributed by atoms with Gasteiger partial charge in [-0.05, 0) is 24.5 Å². The molecule has 10 heteroatoms. The molecule has 1 aromatic carbocycles. The van der Waals surface area contributed by atoms with Gasteiger partial charge in [-0.2, -0.15) is 21.6 Å². The summed E-state index contributed by atoms with van der Waals surface area (Å²) in [5.41, 5.74) is -4.68. The topological polar surface area (TPSA) is 83.9 Å². The maximum absolute atomic E-state index is 12.4. The van der Waals surface area contributed by atoms with Gasteiger partial charge in [-0.25, -0.2) is 4.79 Å². The minimum Gasteiger partial charge on any atom is -0.465 e. The van der Waals surface area contributed by atoms with Crippen LogP contribution in [0.2, 0.25) is 0 Å². The van der Waals surface area contributed by atoms with Crippen molar-refractivity contribution in [3.63, 3.8) is 0 Å². The van der Waals surface area contributed by atoms with Crippen LogP contribution >= 0.6 is 0 Å². The Bertz CT molecular complexity index is 686. The third kappa shape index (κ3) is 3.26. The predicted octanol–water partition coefficient (Wildman–Crippen LogP) is 1.99. The smallest absolute Gasteiger partial charge is 0.465 e. The molecule has 0 spiro atoms. The summed E-state index contributed by atoms with van der Waals surface area (Å²) in [5.74, 6) is -0.415. The first-order valence-corrected chi connectivity index (χ1v) is 7.62. The van der Waals surface area contributed by atoms with Crippen LogP contribution in [0.5, 0.6) is 5.75 Å². The van der Waals surface area contributed by atoms with Gasteiger partial charge in [0.05, 0.1) is 0 Å². The molecular weight excluding hydrogens is 327 g/mol. The van der Waals surface area contributed by atoms with Gasteiger partial charge >= 0.3 is 21.7 Å². The molecule has 122 valence electrons. The molecule has 1 aliphatic heterocycles. The zero-order valence-corrected chi connectivity index (χ0v) is 11.9. The second-order valence-electron chi connectivity index (χ2n) is 4.65. The highest BCUT2D eigenvalue weighted by molar-refractivity contribution is 7.88. The standard InChI is InChI=1S/C12H12F3NO5S/c13-12(14,15)22(19,20)21-10-3-1-2-8-4-6-16(11(17)18)7-5-9(8)10/h1-3H,4-7H2,(H,17,18). The highest BCUT2D eigenvalue weighted by Crippen LogP contribution is 2.31. The molecule has 0 bridgehead atoms. The number of hydrogen-bond donors (Lipinski definition) is 1. The van der Waals surface area contributed by atoms with Crippen molar-refractivity contribution >= 4 is 16.2 Å². The zero-order valence-electron chi connectivity index (χ0n) is 11.1. The third-order valence-electron chi connectivity index (χ3n) is 3.27. The molecule has 0 radical (unpaired) electrons. The highest BCUT2D eigenvalue weighted by atomic mass is 32.2. The minimum atomic E-state index is -5.76. The van der Waals surface area contributed by atoms with Crippen LogP contribution in [0.15, 0.2) is 18.2 Å². The van der Waals surface area contributed by atoms with Crippen LogP contribution in [-0.4, -0.2) is 43.1 Å². The van der Waals surface area contributed by atoms with E-state index in [1.807, 2.05) is 0 Å². The fourth-order valence-corrected chi connectivity index (χ4v) is 2.66. The normalized spacial score (nSPS) is 15.9. The van der Waals surface area contributed by atoms with Crippen molar-refractivity contribution in [2.24, 2.45) is 0 Å². The molecule has 22 heavy (non-hydrogen) atoms.